The molecule has 0 atom stereocenters. The first-order chi connectivity index (χ1) is 7.52. The lowest BCUT2D eigenvalue weighted by molar-refractivity contribution is -0.137. The normalized spacial score (nSPS) is 16.8. The average molecular weight is 223 g/mol. The molecule has 1 saturated carbocycles. The number of carboxylic acid groups (broad SMARTS) is 1. The lowest BCUT2D eigenvalue weighted by atomic mass is 10.2. The van der Waals surface area contributed by atoms with Gasteiger partial charge in [-0.1, -0.05) is 0 Å². The van der Waals surface area contributed by atoms with Crippen molar-refractivity contribution in [1.82, 2.24) is 15.1 Å². The minimum atomic E-state index is -0.886. The Labute approximate surface area is 92.3 Å². The van der Waals surface area contributed by atoms with Gasteiger partial charge in [-0.15, -0.1) is 0 Å². The predicted molar refractivity (Wildman–Crippen MR) is 54.9 cm³/mol. The van der Waals surface area contributed by atoms with Crippen LogP contribution >= 0.6 is 0 Å². The zero-order valence-electron chi connectivity index (χ0n) is 8.93. The third-order valence-electron chi connectivity index (χ3n) is 2.78. The Kier molecular flexibility index (Phi) is 2.41. The Bertz CT molecular complexity index is 434. The van der Waals surface area contributed by atoms with Crippen LogP contribution in [0.3, 0.4) is 0 Å². The van der Waals surface area contributed by atoms with Crippen LogP contribution in [0, 0.1) is 0 Å². The van der Waals surface area contributed by atoms with Gasteiger partial charge in [-0.3, -0.25) is 14.3 Å². The highest BCUT2D eigenvalue weighted by molar-refractivity contribution is 5.93. The summed E-state index contributed by atoms with van der Waals surface area (Å²) in [5.74, 6) is -1.15. The molecule has 1 amide bonds. The van der Waals surface area contributed by atoms with E-state index in [1.54, 1.807) is 13.1 Å². The summed E-state index contributed by atoms with van der Waals surface area (Å²) in [5.41, 5.74) is -0.0932. The van der Waals surface area contributed by atoms with E-state index in [1.165, 1.54) is 10.9 Å². The first-order valence-electron chi connectivity index (χ1n) is 5.05. The highest BCUT2D eigenvalue weighted by atomic mass is 16.4. The van der Waals surface area contributed by atoms with Gasteiger partial charge in [-0.2, -0.15) is 5.10 Å². The first kappa shape index (κ1) is 10.7. The number of hydrogen-bond acceptors (Lipinski definition) is 3. The third-order valence-corrected chi connectivity index (χ3v) is 2.78. The summed E-state index contributed by atoms with van der Waals surface area (Å²) in [6.07, 6.45) is 2.97. The van der Waals surface area contributed by atoms with E-state index < -0.39 is 11.5 Å². The van der Waals surface area contributed by atoms with Crippen LogP contribution in [0.4, 0.5) is 0 Å². The number of aliphatic carboxylic acids is 1. The molecule has 86 valence electrons. The van der Waals surface area contributed by atoms with Crippen LogP contribution in [-0.4, -0.2) is 32.3 Å². The van der Waals surface area contributed by atoms with Crippen LogP contribution in [0.2, 0.25) is 0 Å². The zero-order valence-corrected chi connectivity index (χ0v) is 8.93. The van der Waals surface area contributed by atoms with Gasteiger partial charge in [0.05, 0.1) is 12.0 Å². The minimum Gasteiger partial charge on any atom is -0.481 e. The molecular weight excluding hydrogens is 210 g/mol. The maximum absolute atomic E-state index is 11.8. The van der Waals surface area contributed by atoms with E-state index in [0.717, 1.165) is 12.8 Å². The van der Waals surface area contributed by atoms with Gasteiger partial charge in [-0.05, 0) is 18.9 Å². The zero-order chi connectivity index (χ0) is 11.8. The molecule has 16 heavy (non-hydrogen) atoms. The number of carboxylic acids is 1. The van der Waals surface area contributed by atoms with E-state index in [4.69, 9.17) is 5.11 Å². The lowest BCUT2D eigenvalue weighted by Gasteiger charge is -2.14. The fourth-order valence-corrected chi connectivity index (χ4v) is 1.69. The lowest BCUT2D eigenvalue weighted by Crippen LogP contribution is -2.39. The molecule has 1 aliphatic rings. The molecule has 0 aliphatic heterocycles. The van der Waals surface area contributed by atoms with E-state index in [0.29, 0.717) is 5.69 Å². The number of nitrogens with zero attached hydrogens (tertiary/aromatic N) is 2. The van der Waals surface area contributed by atoms with Gasteiger partial charge in [0, 0.05) is 13.2 Å². The van der Waals surface area contributed by atoms with Crippen molar-refractivity contribution in [2.45, 2.75) is 24.8 Å². The van der Waals surface area contributed by atoms with Gasteiger partial charge in [-0.25, -0.2) is 0 Å². The van der Waals surface area contributed by atoms with Crippen molar-refractivity contribution >= 4 is 11.9 Å². The average Bonchev–Trinajstić information content (AvgIpc) is 2.76. The highest BCUT2D eigenvalue weighted by Gasteiger charge is 2.46. The van der Waals surface area contributed by atoms with Crippen LogP contribution in [0.15, 0.2) is 12.3 Å². The van der Waals surface area contributed by atoms with Gasteiger partial charge in [0.25, 0.3) is 5.91 Å². The maximum atomic E-state index is 11.8. The molecule has 1 aliphatic carbocycles. The van der Waals surface area contributed by atoms with E-state index >= 15 is 0 Å². The van der Waals surface area contributed by atoms with Gasteiger partial charge in [0.2, 0.25) is 0 Å². The summed E-state index contributed by atoms with van der Waals surface area (Å²) in [5, 5.41) is 15.4. The molecule has 0 saturated heterocycles. The van der Waals surface area contributed by atoms with Crippen LogP contribution in [0.1, 0.15) is 29.8 Å². The van der Waals surface area contributed by atoms with Crippen molar-refractivity contribution in [2.24, 2.45) is 7.05 Å². The molecule has 0 spiro atoms. The fraction of sp³-hybridized carbons (Fsp3) is 0.500. The molecule has 1 aromatic heterocycles. The maximum Gasteiger partial charge on any atom is 0.305 e. The monoisotopic (exact) mass is 223 g/mol. The molecule has 1 aromatic rings. The Morgan fingerprint density at radius 3 is 2.75 bits per heavy atom. The van der Waals surface area contributed by atoms with Crippen LogP contribution in [-0.2, 0) is 11.8 Å². The quantitative estimate of drug-likeness (QED) is 0.761. The second-order valence-corrected chi connectivity index (χ2v) is 4.15. The Balaban J connectivity index is 2.03. The fourth-order valence-electron chi connectivity index (χ4n) is 1.69. The number of aryl methyl sites for hydroxylation is 1. The summed E-state index contributed by atoms with van der Waals surface area (Å²) in [7, 11) is 1.67. The number of hydrogen-bond donors (Lipinski definition) is 2. The molecule has 2 rings (SSSR count). The van der Waals surface area contributed by atoms with Crippen molar-refractivity contribution in [3.63, 3.8) is 0 Å². The molecule has 0 radical (unpaired) electrons. The summed E-state index contributed by atoms with van der Waals surface area (Å²) in [4.78, 5) is 22.4. The highest BCUT2D eigenvalue weighted by Crippen LogP contribution is 2.38. The Hall–Kier alpha value is -1.85. The molecule has 2 N–H and O–H groups in total. The second-order valence-electron chi connectivity index (χ2n) is 4.15. The molecule has 6 heteroatoms. The molecule has 0 aromatic carbocycles. The van der Waals surface area contributed by atoms with Crippen molar-refractivity contribution in [3.8, 4) is 0 Å². The van der Waals surface area contributed by atoms with Crippen molar-refractivity contribution in [3.05, 3.63) is 18.0 Å². The van der Waals surface area contributed by atoms with Crippen molar-refractivity contribution < 1.29 is 14.7 Å². The Morgan fingerprint density at radius 1 is 1.62 bits per heavy atom. The van der Waals surface area contributed by atoms with Crippen molar-refractivity contribution in [1.29, 1.82) is 0 Å². The van der Waals surface area contributed by atoms with Crippen LogP contribution in [0.25, 0.3) is 0 Å². The Morgan fingerprint density at radius 2 is 2.31 bits per heavy atom. The topological polar surface area (TPSA) is 84.2 Å². The summed E-state index contributed by atoms with van der Waals surface area (Å²) in [6.45, 7) is 0. The summed E-state index contributed by atoms with van der Waals surface area (Å²) >= 11 is 0. The summed E-state index contributed by atoms with van der Waals surface area (Å²) in [6, 6.07) is 1.60. The van der Waals surface area contributed by atoms with E-state index in [9.17, 15) is 9.59 Å². The number of carbonyl (C=O) groups is 2. The molecular formula is C10H13N3O3. The molecule has 0 bridgehead atoms. The standard InChI is InChI=1S/C10H13N3O3/c1-13-7(2-5-11-13)9(16)12-10(3-4-10)6-8(14)15/h2,5H,3-4,6H2,1H3,(H,12,16)(H,14,15). The van der Waals surface area contributed by atoms with Gasteiger partial charge < -0.3 is 10.4 Å². The van der Waals surface area contributed by atoms with Gasteiger partial charge >= 0.3 is 5.97 Å². The molecule has 1 fully saturated rings. The minimum absolute atomic E-state index is 0.0173. The van der Waals surface area contributed by atoms with Crippen LogP contribution in [0.5, 0.6) is 0 Å². The third kappa shape index (κ3) is 2.05. The first-order valence-corrected chi connectivity index (χ1v) is 5.05. The van der Waals surface area contributed by atoms with Crippen LogP contribution < -0.4 is 5.32 Å². The number of rotatable bonds is 4. The largest absolute Gasteiger partial charge is 0.481 e. The predicted octanol–water partition coefficient (Wildman–Crippen LogP) is 0.157. The van der Waals surface area contributed by atoms with Gasteiger partial charge in [0.15, 0.2) is 0 Å². The number of aromatic nitrogens is 2. The number of carbonyl (C=O) groups excluding carboxylic acids is 1. The smallest absolute Gasteiger partial charge is 0.305 e. The van der Waals surface area contributed by atoms with E-state index in [1.807, 2.05) is 0 Å². The van der Waals surface area contributed by atoms with E-state index in [2.05, 4.69) is 10.4 Å². The number of nitrogens with one attached hydrogen (secondary N) is 1. The van der Waals surface area contributed by atoms with Gasteiger partial charge in [0.1, 0.15) is 5.69 Å². The molecule has 0 unspecified atom stereocenters. The molecule has 1 heterocycles. The van der Waals surface area contributed by atoms with Crippen molar-refractivity contribution in [2.75, 3.05) is 0 Å². The molecule has 6 nitrogen and oxygen atoms in total. The van der Waals surface area contributed by atoms with E-state index in [-0.39, 0.29) is 12.3 Å². The summed E-state index contributed by atoms with van der Waals surface area (Å²) < 4.78 is 1.46. The SMILES string of the molecule is Cn1nccc1C(=O)NC1(CC(=O)O)CC1. The number of amides is 1. The second kappa shape index (κ2) is 3.62.